The van der Waals surface area contributed by atoms with Gasteiger partial charge >= 0.3 is 0 Å². The van der Waals surface area contributed by atoms with Crippen molar-refractivity contribution in [3.8, 4) is 17.1 Å². The van der Waals surface area contributed by atoms with Crippen molar-refractivity contribution in [2.45, 2.75) is 6.92 Å². The molecule has 0 saturated carbocycles. The van der Waals surface area contributed by atoms with E-state index in [1.165, 1.54) is 0 Å². The van der Waals surface area contributed by atoms with Gasteiger partial charge in [0.15, 0.2) is 5.82 Å². The summed E-state index contributed by atoms with van der Waals surface area (Å²) >= 11 is 5.83. The van der Waals surface area contributed by atoms with E-state index in [9.17, 15) is 0 Å². The average Bonchev–Trinajstić information content (AvgIpc) is 2.30. The summed E-state index contributed by atoms with van der Waals surface area (Å²) < 4.78 is 5.51. The van der Waals surface area contributed by atoms with Gasteiger partial charge in [0.2, 0.25) is 0 Å². The molecule has 2 aromatic rings. The quantitative estimate of drug-likeness (QED) is 0.765. The summed E-state index contributed by atoms with van der Waals surface area (Å²) in [4.78, 5) is 8.34. The largest absolute Gasteiger partial charge is 0.493 e. The lowest BCUT2D eigenvalue weighted by molar-refractivity contribution is 0.341. The van der Waals surface area contributed by atoms with Crippen LogP contribution < -0.4 is 4.74 Å². The topological polar surface area (TPSA) is 35.0 Å². The first-order valence-corrected chi connectivity index (χ1v) is 5.40. The molecule has 0 aliphatic heterocycles. The van der Waals surface area contributed by atoms with Gasteiger partial charge in [-0.2, -0.15) is 0 Å². The Labute approximate surface area is 99.1 Å². The molecule has 0 amide bonds. The van der Waals surface area contributed by atoms with Gasteiger partial charge < -0.3 is 4.74 Å². The van der Waals surface area contributed by atoms with Gasteiger partial charge in [0.1, 0.15) is 10.9 Å². The van der Waals surface area contributed by atoms with Crippen LogP contribution in [0.25, 0.3) is 11.4 Å². The lowest BCUT2D eigenvalue weighted by Crippen LogP contribution is -1.96. The second-order valence-electron chi connectivity index (χ2n) is 3.13. The van der Waals surface area contributed by atoms with Gasteiger partial charge in [-0.3, -0.25) is 0 Å². The summed E-state index contributed by atoms with van der Waals surface area (Å²) in [6.45, 7) is 2.55. The maximum atomic E-state index is 5.83. The minimum Gasteiger partial charge on any atom is -0.493 e. The number of halogens is 1. The Balaban J connectivity index is 2.46. The molecule has 2 rings (SSSR count). The number of rotatable bonds is 3. The second kappa shape index (κ2) is 4.94. The fourth-order valence-corrected chi connectivity index (χ4v) is 1.54. The summed E-state index contributed by atoms with van der Waals surface area (Å²) in [6.07, 6.45) is 1.63. The zero-order valence-electron chi connectivity index (χ0n) is 8.85. The van der Waals surface area contributed by atoms with E-state index >= 15 is 0 Å². The summed E-state index contributed by atoms with van der Waals surface area (Å²) in [5.41, 5.74) is 0.854. The van der Waals surface area contributed by atoms with Crippen molar-refractivity contribution >= 4 is 11.6 Å². The third-order valence-corrected chi connectivity index (χ3v) is 2.26. The third-order valence-electron chi connectivity index (χ3n) is 2.05. The highest BCUT2D eigenvalue weighted by Gasteiger charge is 2.07. The fourth-order valence-electron chi connectivity index (χ4n) is 1.40. The Kier molecular flexibility index (Phi) is 3.37. The number of para-hydroxylation sites is 1. The van der Waals surface area contributed by atoms with Gasteiger partial charge in [-0.05, 0) is 25.1 Å². The zero-order chi connectivity index (χ0) is 11.4. The van der Waals surface area contributed by atoms with Crippen molar-refractivity contribution in [2.24, 2.45) is 0 Å². The number of hydrogen-bond donors (Lipinski definition) is 0. The highest BCUT2D eigenvalue weighted by molar-refractivity contribution is 6.29. The molecule has 82 valence electrons. The molecule has 0 fully saturated rings. The molecule has 0 unspecified atom stereocenters. The molecule has 3 nitrogen and oxygen atoms in total. The van der Waals surface area contributed by atoms with Gasteiger partial charge in [0.25, 0.3) is 0 Å². The molecular weight excluding hydrogens is 224 g/mol. The Morgan fingerprint density at radius 3 is 2.81 bits per heavy atom. The minimum atomic E-state index is 0.427. The Hall–Kier alpha value is -1.61. The van der Waals surface area contributed by atoms with Crippen LogP contribution >= 0.6 is 11.6 Å². The Morgan fingerprint density at radius 2 is 2.06 bits per heavy atom. The Morgan fingerprint density at radius 1 is 1.25 bits per heavy atom. The molecule has 4 heteroatoms. The molecule has 0 bridgehead atoms. The molecule has 0 saturated heterocycles. The first-order valence-electron chi connectivity index (χ1n) is 5.02. The van der Waals surface area contributed by atoms with Crippen LogP contribution in [0.4, 0.5) is 0 Å². The lowest BCUT2D eigenvalue weighted by atomic mass is 10.2. The van der Waals surface area contributed by atoms with E-state index in [1.807, 2.05) is 31.2 Å². The fraction of sp³-hybridized carbons (Fsp3) is 0.167. The molecule has 0 N–H and O–H groups in total. The maximum Gasteiger partial charge on any atom is 0.164 e. The molecule has 0 atom stereocenters. The van der Waals surface area contributed by atoms with Gasteiger partial charge in [-0.1, -0.05) is 23.7 Å². The van der Waals surface area contributed by atoms with Crippen molar-refractivity contribution in [2.75, 3.05) is 6.61 Å². The van der Waals surface area contributed by atoms with Crippen molar-refractivity contribution in [1.29, 1.82) is 0 Å². The van der Waals surface area contributed by atoms with Gasteiger partial charge in [-0.15, -0.1) is 0 Å². The maximum absolute atomic E-state index is 5.83. The molecule has 1 aromatic heterocycles. The predicted molar refractivity (Wildman–Crippen MR) is 63.6 cm³/mol. The van der Waals surface area contributed by atoms with Crippen LogP contribution in [0.3, 0.4) is 0 Å². The van der Waals surface area contributed by atoms with Crippen LogP contribution in [0.2, 0.25) is 5.15 Å². The van der Waals surface area contributed by atoms with Crippen molar-refractivity contribution in [3.63, 3.8) is 0 Å². The van der Waals surface area contributed by atoms with Crippen molar-refractivity contribution in [1.82, 2.24) is 9.97 Å². The van der Waals surface area contributed by atoms with E-state index in [4.69, 9.17) is 16.3 Å². The predicted octanol–water partition coefficient (Wildman–Crippen LogP) is 3.20. The standard InChI is InChI=1S/C12H11ClN2O/c1-2-16-10-6-4-3-5-9(10)12-14-8-7-11(13)15-12/h3-8H,2H2,1H3. The molecule has 1 heterocycles. The normalized spacial score (nSPS) is 10.1. The molecule has 1 aromatic carbocycles. The molecule has 0 radical (unpaired) electrons. The van der Waals surface area contributed by atoms with Crippen molar-refractivity contribution < 1.29 is 4.74 Å². The minimum absolute atomic E-state index is 0.427. The van der Waals surface area contributed by atoms with Gasteiger partial charge in [0, 0.05) is 6.20 Å². The van der Waals surface area contributed by atoms with E-state index in [0.29, 0.717) is 17.6 Å². The second-order valence-corrected chi connectivity index (χ2v) is 3.52. The zero-order valence-corrected chi connectivity index (χ0v) is 9.61. The smallest absolute Gasteiger partial charge is 0.164 e. The van der Waals surface area contributed by atoms with Crippen LogP contribution in [-0.4, -0.2) is 16.6 Å². The molecule has 0 aliphatic carbocycles. The van der Waals surface area contributed by atoms with Crippen LogP contribution in [-0.2, 0) is 0 Å². The highest BCUT2D eigenvalue weighted by Crippen LogP contribution is 2.27. The average molecular weight is 235 g/mol. The SMILES string of the molecule is CCOc1ccccc1-c1nccc(Cl)n1. The lowest BCUT2D eigenvalue weighted by Gasteiger charge is -2.08. The number of benzene rings is 1. The van der Waals surface area contributed by atoms with E-state index in [-0.39, 0.29) is 0 Å². The first-order chi connectivity index (χ1) is 7.81. The number of hydrogen-bond acceptors (Lipinski definition) is 3. The van der Waals surface area contributed by atoms with E-state index in [2.05, 4.69) is 9.97 Å². The van der Waals surface area contributed by atoms with Crippen molar-refractivity contribution in [3.05, 3.63) is 41.7 Å². The molecular formula is C12H11ClN2O. The monoisotopic (exact) mass is 234 g/mol. The molecule has 0 spiro atoms. The highest BCUT2D eigenvalue weighted by atomic mass is 35.5. The van der Waals surface area contributed by atoms with E-state index < -0.39 is 0 Å². The van der Waals surface area contributed by atoms with Gasteiger partial charge in [0.05, 0.1) is 12.2 Å². The van der Waals surface area contributed by atoms with Crippen LogP contribution in [0, 0.1) is 0 Å². The Bertz CT molecular complexity index is 488. The first kappa shape index (κ1) is 10.9. The van der Waals surface area contributed by atoms with Crippen LogP contribution in [0.5, 0.6) is 5.75 Å². The van der Waals surface area contributed by atoms with E-state index in [1.54, 1.807) is 12.3 Å². The van der Waals surface area contributed by atoms with E-state index in [0.717, 1.165) is 11.3 Å². The number of aromatic nitrogens is 2. The summed E-state index contributed by atoms with van der Waals surface area (Å²) in [7, 11) is 0. The van der Waals surface area contributed by atoms with Crippen LogP contribution in [0.1, 0.15) is 6.92 Å². The summed E-state index contributed by atoms with van der Waals surface area (Å²) in [5, 5.41) is 0.427. The summed E-state index contributed by atoms with van der Waals surface area (Å²) in [6, 6.07) is 9.29. The van der Waals surface area contributed by atoms with Crippen LogP contribution in [0.15, 0.2) is 36.5 Å². The molecule has 16 heavy (non-hydrogen) atoms. The number of nitrogens with zero attached hydrogens (tertiary/aromatic N) is 2. The number of ether oxygens (including phenoxy) is 1. The molecule has 0 aliphatic rings. The third kappa shape index (κ3) is 2.31. The summed E-state index contributed by atoms with van der Waals surface area (Å²) in [5.74, 6) is 1.35. The van der Waals surface area contributed by atoms with Gasteiger partial charge in [-0.25, -0.2) is 9.97 Å².